The number of hydrogen-bond acceptors (Lipinski definition) is 8. The summed E-state index contributed by atoms with van der Waals surface area (Å²) in [5, 5.41) is 24.8. The Balaban J connectivity index is 1.40. The number of nitrogens with one attached hydrogen (secondary N) is 2. The van der Waals surface area contributed by atoms with Crippen LogP contribution in [0.3, 0.4) is 0 Å². The molecule has 1 aliphatic carbocycles. The first kappa shape index (κ1) is 26.5. The van der Waals surface area contributed by atoms with E-state index in [9.17, 15) is 22.7 Å². The van der Waals surface area contributed by atoms with Crippen molar-refractivity contribution < 1.29 is 22.7 Å². The summed E-state index contributed by atoms with van der Waals surface area (Å²) < 4.78 is 53.3. The molecule has 0 unspecified atom stereocenters. The molecule has 0 bridgehead atoms. The molecule has 10 nitrogen and oxygen atoms in total. The molecule has 4 aromatic rings. The summed E-state index contributed by atoms with van der Waals surface area (Å²) >= 11 is 0. The van der Waals surface area contributed by atoms with Crippen LogP contribution in [0.2, 0.25) is 0 Å². The number of halogens is 4. The highest BCUT2D eigenvalue weighted by molar-refractivity contribution is 5.78. The van der Waals surface area contributed by atoms with Gasteiger partial charge in [-0.3, -0.25) is 4.68 Å². The van der Waals surface area contributed by atoms with E-state index in [1.54, 1.807) is 12.1 Å². The van der Waals surface area contributed by atoms with Gasteiger partial charge in [-0.1, -0.05) is 0 Å². The summed E-state index contributed by atoms with van der Waals surface area (Å²) in [6, 6.07) is 4.93. The SMILES string of the molecule is CC1(O)CCC(Nc2cc(Nc3ccnc(-c4cnn(CC(F)F)c4)n3)ncc2-c2ccn(C(F)F)n2)CC1. The molecule has 0 saturated heterocycles. The van der Waals surface area contributed by atoms with Gasteiger partial charge in [0.25, 0.3) is 6.43 Å². The highest BCUT2D eigenvalue weighted by Crippen LogP contribution is 2.34. The van der Waals surface area contributed by atoms with Crippen LogP contribution in [-0.4, -0.2) is 57.7 Å². The molecule has 3 N–H and O–H groups in total. The lowest BCUT2D eigenvalue weighted by molar-refractivity contribution is 0.0196. The third-order valence-electron chi connectivity index (χ3n) is 6.54. The second-order valence-corrected chi connectivity index (χ2v) is 9.72. The third kappa shape index (κ3) is 6.50. The minimum Gasteiger partial charge on any atom is -0.390 e. The number of hydrogen-bond donors (Lipinski definition) is 3. The predicted molar refractivity (Wildman–Crippen MR) is 136 cm³/mol. The molecule has 0 radical (unpaired) electrons. The van der Waals surface area contributed by atoms with Gasteiger partial charge in [0, 0.05) is 48.1 Å². The van der Waals surface area contributed by atoms with E-state index in [4.69, 9.17) is 0 Å². The third-order valence-corrected chi connectivity index (χ3v) is 6.54. The highest BCUT2D eigenvalue weighted by atomic mass is 19.3. The van der Waals surface area contributed by atoms with Crippen molar-refractivity contribution in [1.82, 2.24) is 34.5 Å². The van der Waals surface area contributed by atoms with Crippen LogP contribution >= 0.6 is 0 Å². The number of aliphatic hydroxyl groups is 1. The number of rotatable bonds is 9. The zero-order chi connectivity index (χ0) is 27.6. The highest BCUT2D eigenvalue weighted by Gasteiger charge is 2.29. The molecule has 1 aliphatic rings. The van der Waals surface area contributed by atoms with Crippen molar-refractivity contribution in [2.45, 2.75) is 63.8 Å². The van der Waals surface area contributed by atoms with Crippen molar-refractivity contribution in [1.29, 1.82) is 0 Å². The Morgan fingerprint density at radius 1 is 1.10 bits per heavy atom. The van der Waals surface area contributed by atoms with Crippen LogP contribution in [-0.2, 0) is 6.54 Å². The molecular formula is C25H27F4N9O. The molecule has 39 heavy (non-hydrogen) atoms. The molecular weight excluding hydrogens is 518 g/mol. The van der Waals surface area contributed by atoms with Gasteiger partial charge < -0.3 is 15.7 Å². The van der Waals surface area contributed by atoms with Crippen LogP contribution < -0.4 is 10.6 Å². The number of alkyl halides is 4. The Kier molecular flexibility index (Phi) is 7.46. The van der Waals surface area contributed by atoms with Gasteiger partial charge in [-0.15, -0.1) is 0 Å². The van der Waals surface area contributed by atoms with E-state index in [2.05, 4.69) is 35.8 Å². The number of pyridine rings is 1. The van der Waals surface area contributed by atoms with Crippen LogP contribution in [0.5, 0.6) is 0 Å². The summed E-state index contributed by atoms with van der Waals surface area (Å²) in [5.41, 5.74) is 1.30. The number of anilines is 3. The standard InChI is InChI=1S/C25H27F4N9O/c1-25(39)6-2-16(3-7-25)33-19-10-22(31-12-17(19)18-5-9-38(36-18)24(28)29)34-21-4-8-30-23(35-21)15-11-32-37(13-15)14-20(26)27/h4-5,8-13,16,20,24,39H,2-3,6-7,14H2,1H3,(H2,30,31,33,34,35). The quantitative estimate of drug-likeness (QED) is 0.249. The van der Waals surface area contributed by atoms with Gasteiger partial charge in [0.15, 0.2) is 5.82 Å². The first-order valence-corrected chi connectivity index (χ1v) is 12.4. The molecule has 5 rings (SSSR count). The monoisotopic (exact) mass is 545 g/mol. The van der Waals surface area contributed by atoms with Gasteiger partial charge in [0.05, 0.1) is 23.1 Å². The summed E-state index contributed by atoms with van der Waals surface area (Å²) in [6.07, 6.45) is 7.33. The zero-order valence-corrected chi connectivity index (χ0v) is 21.0. The molecule has 0 aliphatic heterocycles. The Hall–Kier alpha value is -4.07. The van der Waals surface area contributed by atoms with E-state index in [0.29, 0.717) is 57.5 Å². The maximum Gasteiger partial charge on any atom is 0.333 e. The molecule has 0 amide bonds. The summed E-state index contributed by atoms with van der Waals surface area (Å²) in [7, 11) is 0. The van der Waals surface area contributed by atoms with Crippen LogP contribution in [0.4, 0.5) is 34.9 Å². The van der Waals surface area contributed by atoms with Gasteiger partial charge in [-0.05, 0) is 44.7 Å². The second kappa shape index (κ2) is 11.0. The first-order valence-electron chi connectivity index (χ1n) is 12.4. The summed E-state index contributed by atoms with van der Waals surface area (Å²) in [6.45, 7) is -1.48. The molecule has 14 heteroatoms. The van der Waals surface area contributed by atoms with Crippen molar-refractivity contribution >= 4 is 17.3 Å². The maximum absolute atomic E-state index is 13.1. The van der Waals surface area contributed by atoms with Gasteiger partial charge in [-0.25, -0.2) is 28.4 Å². The Morgan fingerprint density at radius 2 is 1.90 bits per heavy atom. The summed E-state index contributed by atoms with van der Waals surface area (Å²) in [5.74, 6) is 1.13. The largest absolute Gasteiger partial charge is 0.390 e. The first-order chi connectivity index (χ1) is 18.6. The van der Waals surface area contributed by atoms with E-state index in [1.165, 1.54) is 37.1 Å². The lowest BCUT2D eigenvalue weighted by Gasteiger charge is -2.34. The van der Waals surface area contributed by atoms with Crippen molar-refractivity contribution in [3.05, 3.63) is 49.2 Å². The van der Waals surface area contributed by atoms with Crippen molar-refractivity contribution in [3.63, 3.8) is 0 Å². The van der Waals surface area contributed by atoms with E-state index in [-0.39, 0.29) is 6.04 Å². The Morgan fingerprint density at radius 3 is 2.62 bits per heavy atom. The fraction of sp³-hybridized carbons (Fsp3) is 0.400. The molecule has 1 fully saturated rings. The second-order valence-electron chi connectivity index (χ2n) is 9.72. The van der Waals surface area contributed by atoms with E-state index in [0.717, 1.165) is 17.5 Å². The predicted octanol–water partition coefficient (Wildman–Crippen LogP) is 5.11. The summed E-state index contributed by atoms with van der Waals surface area (Å²) in [4.78, 5) is 13.1. The van der Waals surface area contributed by atoms with Gasteiger partial charge in [0.1, 0.15) is 18.2 Å². The number of nitrogens with zero attached hydrogens (tertiary/aromatic N) is 7. The lowest BCUT2D eigenvalue weighted by Crippen LogP contribution is -2.35. The molecule has 0 aromatic carbocycles. The molecule has 206 valence electrons. The molecule has 1 saturated carbocycles. The van der Waals surface area contributed by atoms with E-state index >= 15 is 0 Å². The van der Waals surface area contributed by atoms with Gasteiger partial charge in [0.2, 0.25) is 0 Å². The molecule has 0 atom stereocenters. The minimum atomic E-state index is -2.76. The van der Waals surface area contributed by atoms with Crippen molar-refractivity contribution in [3.8, 4) is 22.6 Å². The number of aromatic nitrogens is 7. The lowest BCUT2D eigenvalue weighted by atomic mass is 9.83. The fourth-order valence-corrected chi connectivity index (χ4v) is 4.46. The average Bonchev–Trinajstić information content (AvgIpc) is 3.56. The smallest absolute Gasteiger partial charge is 0.333 e. The van der Waals surface area contributed by atoms with Crippen molar-refractivity contribution in [2.75, 3.05) is 10.6 Å². The van der Waals surface area contributed by atoms with Crippen LogP contribution in [0.15, 0.2) is 49.2 Å². The van der Waals surface area contributed by atoms with E-state index < -0.39 is 25.1 Å². The van der Waals surface area contributed by atoms with Crippen LogP contribution in [0.25, 0.3) is 22.6 Å². The Labute approximate surface area is 221 Å². The van der Waals surface area contributed by atoms with Crippen molar-refractivity contribution in [2.24, 2.45) is 0 Å². The average molecular weight is 546 g/mol. The van der Waals surface area contributed by atoms with E-state index in [1.807, 2.05) is 6.92 Å². The van der Waals surface area contributed by atoms with Gasteiger partial charge in [-0.2, -0.15) is 19.0 Å². The topological polar surface area (TPSA) is 119 Å². The minimum absolute atomic E-state index is 0.0619. The normalized spacial score (nSPS) is 19.5. The zero-order valence-electron chi connectivity index (χ0n) is 21.0. The maximum atomic E-state index is 13.1. The van der Waals surface area contributed by atoms with Crippen LogP contribution in [0.1, 0.15) is 39.2 Å². The van der Waals surface area contributed by atoms with Crippen LogP contribution in [0, 0.1) is 0 Å². The molecule has 4 heterocycles. The Bertz CT molecular complexity index is 1410. The van der Waals surface area contributed by atoms with Gasteiger partial charge >= 0.3 is 6.55 Å². The fourth-order valence-electron chi connectivity index (χ4n) is 4.46. The molecule has 0 spiro atoms. The molecule has 4 aromatic heterocycles.